The Morgan fingerprint density at radius 2 is 2.16 bits per heavy atom. The van der Waals surface area contributed by atoms with Crippen molar-refractivity contribution in [1.82, 2.24) is 9.55 Å². The second-order valence-electron chi connectivity index (χ2n) is 5.16. The summed E-state index contributed by atoms with van der Waals surface area (Å²) in [5.74, 6) is -0.303. The van der Waals surface area contributed by atoms with Crippen LogP contribution in [0.5, 0.6) is 5.75 Å². The second-order valence-corrected chi connectivity index (χ2v) is 6.63. The summed E-state index contributed by atoms with van der Waals surface area (Å²) in [6.45, 7) is -1.37. The zero-order valence-electron chi connectivity index (χ0n) is 12.7. The Balaban J connectivity index is 1.77. The summed E-state index contributed by atoms with van der Waals surface area (Å²) in [5.41, 5.74) is 0.906. The molecule has 0 aliphatic carbocycles. The number of carbonyl (C=O) groups excluding carboxylic acids is 1. The smallest absolute Gasteiger partial charge is 0.422 e. The van der Waals surface area contributed by atoms with E-state index in [1.54, 1.807) is 17.8 Å². The fourth-order valence-electron chi connectivity index (χ4n) is 2.12. The van der Waals surface area contributed by atoms with Crippen LogP contribution >= 0.6 is 22.9 Å². The molecule has 2 heterocycles. The lowest BCUT2D eigenvalue weighted by Crippen LogP contribution is -2.19. The van der Waals surface area contributed by atoms with Gasteiger partial charge in [0, 0.05) is 13.2 Å². The lowest BCUT2D eigenvalue weighted by atomic mass is 10.3. The van der Waals surface area contributed by atoms with Crippen LogP contribution in [0.1, 0.15) is 10.5 Å². The fourth-order valence-corrected chi connectivity index (χ4v) is 3.26. The van der Waals surface area contributed by atoms with Crippen molar-refractivity contribution in [2.75, 3.05) is 11.9 Å². The molecule has 0 saturated carbocycles. The van der Waals surface area contributed by atoms with E-state index in [1.165, 1.54) is 24.3 Å². The number of ether oxygens (including phenoxy) is 1. The number of fused-ring (bicyclic) bond motifs is 1. The van der Waals surface area contributed by atoms with E-state index in [0.29, 0.717) is 26.1 Å². The number of carbonyl (C=O) groups is 1. The van der Waals surface area contributed by atoms with Crippen molar-refractivity contribution < 1.29 is 22.7 Å². The number of alkyl halides is 3. The van der Waals surface area contributed by atoms with Gasteiger partial charge in [0.25, 0.3) is 5.91 Å². The highest BCUT2D eigenvalue weighted by atomic mass is 35.5. The maximum absolute atomic E-state index is 12.2. The van der Waals surface area contributed by atoms with E-state index in [2.05, 4.69) is 10.3 Å². The summed E-state index contributed by atoms with van der Waals surface area (Å²) in [4.78, 5) is 16.5. The van der Waals surface area contributed by atoms with E-state index in [1.807, 2.05) is 0 Å². The van der Waals surface area contributed by atoms with Crippen LogP contribution in [0.2, 0.25) is 5.02 Å². The highest BCUT2D eigenvalue weighted by molar-refractivity contribution is 7.22. The molecular weight excluding hydrogens is 379 g/mol. The first kappa shape index (κ1) is 17.6. The molecule has 0 fully saturated rings. The number of nitrogens with zero attached hydrogens (tertiary/aromatic N) is 2. The largest absolute Gasteiger partial charge is 0.484 e. The Morgan fingerprint density at radius 3 is 2.80 bits per heavy atom. The number of nitrogens with one attached hydrogen (secondary N) is 1. The molecule has 1 amide bonds. The predicted octanol–water partition coefficient (Wildman–Crippen LogP) is 4.48. The summed E-state index contributed by atoms with van der Waals surface area (Å²) < 4.78 is 43.5. The highest BCUT2D eigenvalue weighted by Crippen LogP contribution is 2.30. The topological polar surface area (TPSA) is 56.2 Å². The maximum atomic E-state index is 12.2. The molecule has 2 aromatic heterocycles. The van der Waals surface area contributed by atoms with Crippen molar-refractivity contribution in [2.45, 2.75) is 6.18 Å². The minimum absolute atomic E-state index is 0.0839. The SMILES string of the molecule is Cn1cc(Cl)cc1C(=O)Nc1nc2ccc(OCC(F)(F)F)cc2s1. The van der Waals surface area contributed by atoms with Crippen molar-refractivity contribution >= 4 is 44.2 Å². The number of benzene rings is 1. The van der Waals surface area contributed by atoms with Crippen LogP contribution in [-0.4, -0.2) is 28.2 Å². The molecule has 0 saturated heterocycles. The zero-order chi connectivity index (χ0) is 18.2. The van der Waals surface area contributed by atoms with Crippen molar-refractivity contribution in [3.8, 4) is 5.75 Å². The summed E-state index contributed by atoms with van der Waals surface area (Å²) in [5, 5.41) is 3.40. The lowest BCUT2D eigenvalue weighted by molar-refractivity contribution is -0.153. The lowest BCUT2D eigenvalue weighted by Gasteiger charge is -2.08. The fraction of sp³-hybridized carbons (Fsp3) is 0.200. The van der Waals surface area contributed by atoms with Gasteiger partial charge < -0.3 is 9.30 Å². The molecule has 1 N–H and O–H groups in total. The third kappa shape index (κ3) is 4.23. The summed E-state index contributed by atoms with van der Waals surface area (Å²) in [6.07, 6.45) is -2.81. The minimum Gasteiger partial charge on any atom is -0.484 e. The van der Waals surface area contributed by atoms with E-state index < -0.39 is 12.8 Å². The molecule has 0 aliphatic rings. The van der Waals surface area contributed by atoms with Gasteiger partial charge in [-0.1, -0.05) is 22.9 Å². The van der Waals surface area contributed by atoms with Gasteiger partial charge in [-0.15, -0.1) is 0 Å². The molecule has 0 atom stereocenters. The van der Waals surface area contributed by atoms with Crippen LogP contribution in [-0.2, 0) is 7.05 Å². The first-order valence-corrected chi connectivity index (χ1v) is 8.14. The van der Waals surface area contributed by atoms with Gasteiger partial charge in [-0.3, -0.25) is 10.1 Å². The average molecular weight is 390 g/mol. The van der Waals surface area contributed by atoms with Gasteiger partial charge in [-0.25, -0.2) is 4.98 Å². The Bertz CT molecular complexity index is 936. The number of thiazole rings is 1. The maximum Gasteiger partial charge on any atom is 0.422 e. The van der Waals surface area contributed by atoms with E-state index in [4.69, 9.17) is 16.3 Å². The van der Waals surface area contributed by atoms with Gasteiger partial charge in [-0.05, 0) is 24.3 Å². The van der Waals surface area contributed by atoms with Gasteiger partial charge in [0.15, 0.2) is 11.7 Å². The molecule has 10 heteroatoms. The molecule has 25 heavy (non-hydrogen) atoms. The Kier molecular flexibility index (Phi) is 4.61. The monoisotopic (exact) mass is 389 g/mol. The van der Waals surface area contributed by atoms with Gasteiger partial charge in [0.2, 0.25) is 0 Å². The number of rotatable bonds is 4. The van der Waals surface area contributed by atoms with E-state index in [-0.39, 0.29) is 11.7 Å². The summed E-state index contributed by atoms with van der Waals surface area (Å²) in [7, 11) is 1.68. The number of halogens is 4. The van der Waals surface area contributed by atoms with Crippen LogP contribution in [0.3, 0.4) is 0 Å². The van der Waals surface area contributed by atoms with E-state index in [9.17, 15) is 18.0 Å². The van der Waals surface area contributed by atoms with Crippen molar-refractivity contribution in [2.24, 2.45) is 7.05 Å². The van der Waals surface area contributed by atoms with Crippen LogP contribution in [0.15, 0.2) is 30.5 Å². The number of amides is 1. The first-order valence-electron chi connectivity index (χ1n) is 6.94. The second kappa shape index (κ2) is 6.57. The van der Waals surface area contributed by atoms with Gasteiger partial charge >= 0.3 is 6.18 Å². The van der Waals surface area contributed by atoms with Crippen molar-refractivity contribution in [3.63, 3.8) is 0 Å². The minimum atomic E-state index is -4.40. The third-order valence-electron chi connectivity index (χ3n) is 3.19. The number of anilines is 1. The molecule has 0 unspecified atom stereocenters. The van der Waals surface area contributed by atoms with Gasteiger partial charge in [-0.2, -0.15) is 13.2 Å². The molecule has 0 aliphatic heterocycles. The summed E-state index contributed by atoms with van der Waals surface area (Å²) in [6, 6.07) is 5.91. The number of hydrogen-bond acceptors (Lipinski definition) is 4. The Hall–Kier alpha value is -2.26. The van der Waals surface area contributed by atoms with Crippen LogP contribution in [0, 0.1) is 0 Å². The first-order chi connectivity index (χ1) is 11.7. The van der Waals surface area contributed by atoms with Crippen LogP contribution < -0.4 is 10.1 Å². The standard InChI is InChI=1S/C15H11ClF3N3O2S/c1-22-6-8(16)4-11(22)13(23)21-14-20-10-3-2-9(5-12(10)25-14)24-7-15(17,18)19/h2-6H,7H2,1H3,(H,20,21,23). The molecule has 0 radical (unpaired) electrons. The highest BCUT2D eigenvalue weighted by Gasteiger charge is 2.28. The summed E-state index contributed by atoms with van der Waals surface area (Å²) >= 11 is 6.98. The average Bonchev–Trinajstić information content (AvgIpc) is 3.05. The molecule has 132 valence electrons. The normalized spacial score (nSPS) is 11.7. The Labute approximate surface area is 149 Å². The molecule has 5 nitrogen and oxygen atoms in total. The zero-order valence-corrected chi connectivity index (χ0v) is 14.3. The van der Waals surface area contributed by atoms with Crippen molar-refractivity contribution in [3.05, 3.63) is 41.2 Å². The molecule has 0 bridgehead atoms. The van der Waals surface area contributed by atoms with Crippen molar-refractivity contribution in [1.29, 1.82) is 0 Å². The number of aryl methyl sites for hydroxylation is 1. The van der Waals surface area contributed by atoms with E-state index >= 15 is 0 Å². The Morgan fingerprint density at radius 1 is 1.40 bits per heavy atom. The quantitative estimate of drug-likeness (QED) is 0.715. The van der Waals surface area contributed by atoms with Crippen LogP contribution in [0.4, 0.5) is 18.3 Å². The number of aromatic nitrogens is 2. The molecule has 1 aromatic carbocycles. The van der Waals surface area contributed by atoms with Crippen LogP contribution in [0.25, 0.3) is 10.2 Å². The van der Waals surface area contributed by atoms with E-state index in [0.717, 1.165) is 11.3 Å². The van der Waals surface area contributed by atoms with Gasteiger partial charge in [0.05, 0.1) is 15.2 Å². The van der Waals surface area contributed by atoms with Gasteiger partial charge in [0.1, 0.15) is 11.4 Å². The molecule has 0 spiro atoms. The number of hydrogen-bond donors (Lipinski definition) is 1. The predicted molar refractivity (Wildman–Crippen MR) is 89.5 cm³/mol. The molecular formula is C15H11ClF3N3O2S. The molecule has 3 rings (SSSR count). The third-order valence-corrected chi connectivity index (χ3v) is 4.33. The molecule has 3 aromatic rings.